The van der Waals surface area contributed by atoms with Crippen molar-refractivity contribution in [3.05, 3.63) is 54.2 Å². The Morgan fingerprint density at radius 3 is 2.61 bits per heavy atom. The van der Waals surface area contributed by atoms with Crippen LogP contribution in [-0.4, -0.2) is 36.5 Å². The van der Waals surface area contributed by atoms with Crippen molar-refractivity contribution in [1.29, 1.82) is 0 Å². The summed E-state index contributed by atoms with van der Waals surface area (Å²) in [7, 11) is 0. The predicted molar refractivity (Wildman–Crippen MR) is 92.6 cm³/mol. The van der Waals surface area contributed by atoms with E-state index in [-0.39, 0.29) is 6.17 Å². The van der Waals surface area contributed by atoms with E-state index in [0.29, 0.717) is 6.04 Å². The number of carbonyl (C=O) groups is 1. The van der Waals surface area contributed by atoms with Crippen LogP contribution in [0.1, 0.15) is 18.4 Å². The molecule has 4 heteroatoms. The lowest BCUT2D eigenvalue weighted by Gasteiger charge is -2.33. The first-order chi connectivity index (χ1) is 11.3. The van der Waals surface area contributed by atoms with E-state index < -0.39 is 0 Å². The lowest BCUT2D eigenvalue weighted by atomic mass is 10.0. The maximum atomic E-state index is 11.5. The van der Waals surface area contributed by atoms with Crippen LogP contribution in [-0.2, 0) is 4.79 Å². The summed E-state index contributed by atoms with van der Waals surface area (Å²) in [6, 6.07) is 15.2. The van der Waals surface area contributed by atoms with Crippen LogP contribution >= 0.6 is 0 Å². The average molecular weight is 307 g/mol. The van der Waals surface area contributed by atoms with Crippen LogP contribution in [0.2, 0.25) is 0 Å². The maximum Gasteiger partial charge on any atom is 0.162 e. The molecule has 1 atom stereocenters. The highest BCUT2D eigenvalue weighted by Gasteiger charge is 2.30. The smallest absolute Gasteiger partial charge is 0.162 e. The van der Waals surface area contributed by atoms with E-state index >= 15 is 0 Å². The number of nitrogens with zero attached hydrogens (tertiary/aromatic N) is 1. The second kappa shape index (κ2) is 6.05. The summed E-state index contributed by atoms with van der Waals surface area (Å²) >= 11 is 0. The van der Waals surface area contributed by atoms with Crippen molar-refractivity contribution in [2.24, 2.45) is 0 Å². The third-order valence-corrected chi connectivity index (χ3v) is 4.82. The molecule has 118 valence electrons. The Kier molecular flexibility index (Phi) is 3.75. The van der Waals surface area contributed by atoms with E-state index in [1.165, 1.54) is 10.8 Å². The standard InChI is InChI=1S/C19H21N3O/c23-13-19-21-18(12-22(19)17-7-9-20-10-8-17)16-6-5-14-3-1-2-4-15(14)11-16/h1-6,11-13,17,19-21H,7-10H2. The van der Waals surface area contributed by atoms with Gasteiger partial charge in [-0.25, -0.2) is 0 Å². The topological polar surface area (TPSA) is 44.4 Å². The molecule has 4 rings (SSSR count). The minimum Gasteiger partial charge on any atom is -0.358 e. The number of hydrogen-bond donors (Lipinski definition) is 2. The molecule has 2 heterocycles. The largest absolute Gasteiger partial charge is 0.358 e. The van der Waals surface area contributed by atoms with Crippen LogP contribution in [0.5, 0.6) is 0 Å². The normalized spacial score (nSPS) is 22.0. The highest BCUT2D eigenvalue weighted by atomic mass is 16.1. The predicted octanol–water partition coefficient (Wildman–Crippen LogP) is 2.32. The van der Waals surface area contributed by atoms with Crippen molar-refractivity contribution in [1.82, 2.24) is 15.5 Å². The first kappa shape index (κ1) is 14.3. The number of fused-ring (bicyclic) bond motifs is 1. The number of piperidine rings is 1. The average Bonchev–Trinajstić information content (AvgIpc) is 3.06. The van der Waals surface area contributed by atoms with Crippen molar-refractivity contribution in [3.8, 4) is 0 Å². The lowest BCUT2D eigenvalue weighted by molar-refractivity contribution is -0.112. The van der Waals surface area contributed by atoms with Gasteiger partial charge in [-0.05, 0) is 48.3 Å². The van der Waals surface area contributed by atoms with Gasteiger partial charge < -0.3 is 15.5 Å². The van der Waals surface area contributed by atoms with Gasteiger partial charge in [0.15, 0.2) is 12.5 Å². The zero-order chi connectivity index (χ0) is 15.6. The van der Waals surface area contributed by atoms with Crippen LogP contribution in [0.3, 0.4) is 0 Å². The van der Waals surface area contributed by atoms with Gasteiger partial charge in [-0.3, -0.25) is 4.79 Å². The molecule has 0 spiro atoms. The highest BCUT2D eigenvalue weighted by molar-refractivity contribution is 5.86. The maximum absolute atomic E-state index is 11.5. The number of carbonyl (C=O) groups excluding carboxylic acids is 1. The fourth-order valence-corrected chi connectivity index (χ4v) is 3.56. The summed E-state index contributed by atoms with van der Waals surface area (Å²) in [5.41, 5.74) is 2.17. The number of aldehydes is 1. The van der Waals surface area contributed by atoms with Crippen LogP contribution < -0.4 is 10.6 Å². The zero-order valence-electron chi connectivity index (χ0n) is 13.0. The summed E-state index contributed by atoms with van der Waals surface area (Å²) in [5, 5.41) is 9.20. The lowest BCUT2D eigenvalue weighted by Crippen LogP contribution is -2.47. The molecule has 2 N–H and O–H groups in total. The summed E-state index contributed by atoms with van der Waals surface area (Å²) in [5.74, 6) is 0. The first-order valence-electron chi connectivity index (χ1n) is 8.26. The molecule has 1 saturated heterocycles. The van der Waals surface area contributed by atoms with Gasteiger partial charge in [0.2, 0.25) is 0 Å². The molecule has 0 saturated carbocycles. The number of benzene rings is 2. The molecule has 0 aromatic heterocycles. The fraction of sp³-hybridized carbons (Fsp3) is 0.316. The van der Waals surface area contributed by atoms with E-state index in [1.807, 2.05) is 0 Å². The Labute approximate surface area is 136 Å². The van der Waals surface area contributed by atoms with E-state index in [2.05, 4.69) is 64.2 Å². The zero-order valence-corrected chi connectivity index (χ0v) is 13.0. The van der Waals surface area contributed by atoms with E-state index in [4.69, 9.17) is 0 Å². The molecule has 0 amide bonds. The van der Waals surface area contributed by atoms with Crippen molar-refractivity contribution in [3.63, 3.8) is 0 Å². The van der Waals surface area contributed by atoms with Gasteiger partial charge >= 0.3 is 0 Å². The third-order valence-electron chi connectivity index (χ3n) is 4.82. The van der Waals surface area contributed by atoms with Gasteiger partial charge in [-0.1, -0.05) is 36.4 Å². The molecular formula is C19H21N3O. The molecule has 2 aliphatic rings. The second-order valence-electron chi connectivity index (χ2n) is 6.26. The van der Waals surface area contributed by atoms with Crippen LogP contribution in [0.4, 0.5) is 0 Å². The Bertz CT molecular complexity index is 749. The van der Waals surface area contributed by atoms with E-state index in [9.17, 15) is 4.79 Å². The number of hydrogen-bond acceptors (Lipinski definition) is 4. The number of rotatable bonds is 3. The molecule has 1 fully saturated rings. The second-order valence-corrected chi connectivity index (χ2v) is 6.26. The van der Waals surface area contributed by atoms with Crippen LogP contribution in [0.25, 0.3) is 16.5 Å². The van der Waals surface area contributed by atoms with Crippen molar-refractivity contribution < 1.29 is 4.79 Å². The summed E-state index contributed by atoms with van der Waals surface area (Å²) < 4.78 is 0. The number of nitrogens with one attached hydrogen (secondary N) is 2. The van der Waals surface area contributed by atoms with E-state index in [0.717, 1.165) is 43.5 Å². The van der Waals surface area contributed by atoms with Gasteiger partial charge in [0.25, 0.3) is 0 Å². The molecule has 23 heavy (non-hydrogen) atoms. The molecule has 1 unspecified atom stereocenters. The molecule has 0 aliphatic carbocycles. The quantitative estimate of drug-likeness (QED) is 0.854. The molecule has 4 nitrogen and oxygen atoms in total. The SMILES string of the molecule is O=CC1NC(c2ccc3ccccc3c2)=CN1C1CCNCC1. The Balaban J connectivity index is 1.65. The summed E-state index contributed by atoms with van der Waals surface area (Å²) in [6.07, 6.45) is 5.03. The molecule has 0 bridgehead atoms. The Hall–Kier alpha value is -2.33. The van der Waals surface area contributed by atoms with Crippen molar-refractivity contribution >= 4 is 22.8 Å². The van der Waals surface area contributed by atoms with Gasteiger partial charge in [0.05, 0.1) is 5.70 Å². The Morgan fingerprint density at radius 2 is 1.83 bits per heavy atom. The first-order valence-corrected chi connectivity index (χ1v) is 8.26. The molecule has 0 radical (unpaired) electrons. The molecule has 2 aromatic carbocycles. The van der Waals surface area contributed by atoms with Gasteiger partial charge in [0, 0.05) is 12.2 Å². The van der Waals surface area contributed by atoms with Crippen LogP contribution in [0, 0.1) is 0 Å². The summed E-state index contributed by atoms with van der Waals surface area (Å²) in [4.78, 5) is 13.7. The Morgan fingerprint density at radius 1 is 1.04 bits per heavy atom. The summed E-state index contributed by atoms with van der Waals surface area (Å²) in [6.45, 7) is 2.04. The molecule has 2 aromatic rings. The monoisotopic (exact) mass is 307 g/mol. The van der Waals surface area contributed by atoms with Crippen LogP contribution in [0.15, 0.2) is 48.7 Å². The minimum atomic E-state index is -0.250. The van der Waals surface area contributed by atoms with Crippen molar-refractivity contribution in [2.45, 2.75) is 25.0 Å². The highest BCUT2D eigenvalue weighted by Crippen LogP contribution is 2.27. The molecule has 2 aliphatic heterocycles. The van der Waals surface area contributed by atoms with Gasteiger partial charge in [-0.2, -0.15) is 0 Å². The van der Waals surface area contributed by atoms with Gasteiger partial charge in [0.1, 0.15) is 0 Å². The van der Waals surface area contributed by atoms with Crippen molar-refractivity contribution in [2.75, 3.05) is 13.1 Å². The molecular weight excluding hydrogens is 286 g/mol. The third kappa shape index (κ3) is 2.70. The fourth-order valence-electron chi connectivity index (χ4n) is 3.56. The van der Waals surface area contributed by atoms with E-state index in [1.54, 1.807) is 0 Å². The minimum absolute atomic E-state index is 0.250. The van der Waals surface area contributed by atoms with Gasteiger partial charge in [-0.15, -0.1) is 0 Å².